The third kappa shape index (κ3) is 3.73. The molecule has 4 aromatic carbocycles. The normalized spacial score (nSPS) is 10.7. The lowest BCUT2D eigenvalue weighted by molar-refractivity contribution is -0.108. The topological polar surface area (TPSA) is 17.1 Å². The van der Waals surface area contributed by atoms with Crippen LogP contribution in [0, 0.1) is 0 Å². The van der Waals surface area contributed by atoms with Gasteiger partial charge in [0.1, 0.15) is 6.29 Å². The van der Waals surface area contributed by atoms with Crippen molar-refractivity contribution in [3.63, 3.8) is 0 Å². The highest BCUT2D eigenvalue weighted by molar-refractivity contribution is 5.72. The summed E-state index contributed by atoms with van der Waals surface area (Å²) in [6, 6.07) is 37.1. The molecule has 0 heterocycles. The molecule has 0 radical (unpaired) electrons. The third-order valence-corrected chi connectivity index (χ3v) is 4.89. The molecule has 0 saturated heterocycles. The van der Waals surface area contributed by atoms with E-state index in [9.17, 15) is 4.79 Å². The van der Waals surface area contributed by atoms with Crippen LogP contribution in [0.5, 0.6) is 0 Å². The molecule has 0 amide bonds. The molecule has 0 atom stereocenters. The molecule has 0 spiro atoms. The lowest BCUT2D eigenvalue weighted by atomic mass is 9.90. The van der Waals surface area contributed by atoms with E-state index >= 15 is 0 Å². The van der Waals surface area contributed by atoms with E-state index in [4.69, 9.17) is 0 Å². The second-order valence-corrected chi connectivity index (χ2v) is 6.59. The van der Waals surface area contributed by atoms with E-state index in [1.165, 1.54) is 11.1 Å². The van der Waals surface area contributed by atoms with Gasteiger partial charge in [0.15, 0.2) is 0 Å². The van der Waals surface area contributed by atoms with Crippen LogP contribution in [0.1, 0.15) is 17.0 Å². The number of carbonyl (C=O) groups excluding carboxylic acids is 1. The molecule has 130 valence electrons. The Balaban J connectivity index is 1.59. The van der Waals surface area contributed by atoms with E-state index in [1.54, 1.807) is 0 Å². The van der Waals surface area contributed by atoms with Crippen LogP contribution in [0.4, 0.5) is 0 Å². The van der Waals surface area contributed by atoms with Gasteiger partial charge in [-0.15, -0.1) is 0 Å². The fourth-order valence-corrected chi connectivity index (χ4v) is 3.38. The number of aldehydes is 1. The summed E-state index contributed by atoms with van der Waals surface area (Å²) in [7, 11) is 0. The molecule has 0 unspecified atom stereocenters. The molecule has 27 heavy (non-hydrogen) atoms. The Morgan fingerprint density at radius 2 is 0.778 bits per heavy atom. The van der Waals surface area contributed by atoms with Crippen molar-refractivity contribution < 1.29 is 4.79 Å². The molecule has 0 N–H and O–H groups in total. The number of hydrogen-bond donors (Lipinski definition) is 0. The number of benzene rings is 4. The average molecular weight is 348 g/mol. The molecule has 0 aliphatic carbocycles. The van der Waals surface area contributed by atoms with E-state index in [-0.39, 0.29) is 5.92 Å². The van der Waals surface area contributed by atoms with Gasteiger partial charge in [-0.2, -0.15) is 0 Å². The minimum Gasteiger partial charge on any atom is -0.302 e. The maximum absolute atomic E-state index is 11.8. The Labute approximate surface area is 159 Å². The van der Waals surface area contributed by atoms with E-state index in [1.807, 2.05) is 60.7 Å². The quantitative estimate of drug-likeness (QED) is 0.384. The standard InChI is InChI=1S/C26H20O/c27-19-26(24-15-11-22(12-16-24)20-7-3-1-4-8-20)25-17-13-23(14-18-25)21-9-5-2-6-10-21/h1-19,26H. The Morgan fingerprint density at radius 1 is 0.444 bits per heavy atom. The zero-order chi connectivity index (χ0) is 18.5. The van der Waals surface area contributed by atoms with Crippen LogP contribution in [0.3, 0.4) is 0 Å². The van der Waals surface area contributed by atoms with Crippen molar-refractivity contribution in [3.05, 3.63) is 120 Å². The molecular weight excluding hydrogens is 328 g/mol. The van der Waals surface area contributed by atoms with E-state index in [0.717, 1.165) is 28.5 Å². The van der Waals surface area contributed by atoms with Gasteiger partial charge < -0.3 is 4.79 Å². The van der Waals surface area contributed by atoms with Crippen molar-refractivity contribution in [3.8, 4) is 22.3 Å². The summed E-state index contributed by atoms with van der Waals surface area (Å²) in [5.41, 5.74) is 6.69. The van der Waals surface area contributed by atoms with Crippen LogP contribution in [0.25, 0.3) is 22.3 Å². The third-order valence-electron chi connectivity index (χ3n) is 4.89. The first-order valence-electron chi connectivity index (χ1n) is 9.11. The number of rotatable bonds is 5. The zero-order valence-corrected chi connectivity index (χ0v) is 15.0. The molecule has 0 aromatic heterocycles. The van der Waals surface area contributed by atoms with Crippen LogP contribution in [0.15, 0.2) is 109 Å². The first kappa shape index (κ1) is 17.0. The van der Waals surface area contributed by atoms with Gasteiger partial charge in [-0.25, -0.2) is 0 Å². The van der Waals surface area contributed by atoms with Gasteiger partial charge in [0.2, 0.25) is 0 Å². The first-order valence-corrected chi connectivity index (χ1v) is 9.11. The van der Waals surface area contributed by atoms with Crippen molar-refractivity contribution in [2.45, 2.75) is 5.92 Å². The van der Waals surface area contributed by atoms with E-state index < -0.39 is 0 Å². The Bertz CT molecular complexity index is 918. The highest BCUT2D eigenvalue weighted by atomic mass is 16.1. The summed E-state index contributed by atoms with van der Waals surface area (Å²) >= 11 is 0. The summed E-state index contributed by atoms with van der Waals surface area (Å²) in [6.45, 7) is 0. The molecule has 0 saturated carbocycles. The molecular formula is C26H20O. The smallest absolute Gasteiger partial charge is 0.131 e. The molecule has 1 heteroatoms. The van der Waals surface area contributed by atoms with Crippen LogP contribution in [-0.2, 0) is 4.79 Å². The maximum atomic E-state index is 11.8. The van der Waals surface area contributed by atoms with Crippen LogP contribution in [-0.4, -0.2) is 6.29 Å². The van der Waals surface area contributed by atoms with E-state index in [2.05, 4.69) is 48.5 Å². The molecule has 1 nitrogen and oxygen atoms in total. The van der Waals surface area contributed by atoms with Crippen molar-refractivity contribution >= 4 is 6.29 Å². The second-order valence-electron chi connectivity index (χ2n) is 6.59. The van der Waals surface area contributed by atoms with Gasteiger partial charge in [-0.3, -0.25) is 0 Å². The molecule has 4 aromatic rings. The van der Waals surface area contributed by atoms with Gasteiger partial charge in [0.25, 0.3) is 0 Å². The zero-order valence-electron chi connectivity index (χ0n) is 15.0. The van der Waals surface area contributed by atoms with Crippen molar-refractivity contribution in [1.82, 2.24) is 0 Å². The molecule has 0 fully saturated rings. The maximum Gasteiger partial charge on any atom is 0.131 e. The monoisotopic (exact) mass is 348 g/mol. The average Bonchev–Trinajstić information content (AvgIpc) is 2.76. The SMILES string of the molecule is O=CC(c1ccc(-c2ccccc2)cc1)c1ccc(-c2ccccc2)cc1. The Kier molecular flexibility index (Phi) is 4.93. The fraction of sp³-hybridized carbons (Fsp3) is 0.0385. The molecule has 4 rings (SSSR count). The molecule has 0 aliphatic heterocycles. The minimum atomic E-state index is -0.250. The molecule has 0 bridgehead atoms. The van der Waals surface area contributed by atoms with Crippen molar-refractivity contribution in [2.24, 2.45) is 0 Å². The molecule has 0 aliphatic rings. The number of carbonyl (C=O) groups is 1. The fourth-order valence-electron chi connectivity index (χ4n) is 3.38. The van der Waals surface area contributed by atoms with Gasteiger partial charge in [-0.05, 0) is 33.4 Å². The predicted molar refractivity (Wildman–Crippen MR) is 112 cm³/mol. The summed E-state index contributed by atoms with van der Waals surface area (Å²) in [5.74, 6) is -0.250. The minimum absolute atomic E-state index is 0.250. The van der Waals surface area contributed by atoms with Crippen molar-refractivity contribution in [1.29, 1.82) is 0 Å². The highest BCUT2D eigenvalue weighted by Crippen LogP contribution is 2.28. The van der Waals surface area contributed by atoms with Crippen LogP contribution >= 0.6 is 0 Å². The predicted octanol–water partition coefficient (Wildman–Crippen LogP) is 6.35. The van der Waals surface area contributed by atoms with Gasteiger partial charge >= 0.3 is 0 Å². The lowest BCUT2D eigenvalue weighted by Gasteiger charge is -2.13. The summed E-state index contributed by atoms with van der Waals surface area (Å²) in [6.07, 6.45) is 1.02. The highest BCUT2D eigenvalue weighted by Gasteiger charge is 2.13. The lowest BCUT2D eigenvalue weighted by Crippen LogP contribution is -2.02. The largest absolute Gasteiger partial charge is 0.302 e. The summed E-state index contributed by atoms with van der Waals surface area (Å²) < 4.78 is 0. The van der Waals surface area contributed by atoms with Gasteiger partial charge in [-0.1, -0.05) is 109 Å². The van der Waals surface area contributed by atoms with Crippen LogP contribution < -0.4 is 0 Å². The summed E-state index contributed by atoms with van der Waals surface area (Å²) in [4.78, 5) is 11.8. The number of hydrogen-bond acceptors (Lipinski definition) is 1. The van der Waals surface area contributed by atoms with Gasteiger partial charge in [0.05, 0.1) is 5.92 Å². The van der Waals surface area contributed by atoms with Crippen molar-refractivity contribution in [2.75, 3.05) is 0 Å². The summed E-state index contributed by atoms with van der Waals surface area (Å²) in [5, 5.41) is 0. The Morgan fingerprint density at radius 3 is 1.11 bits per heavy atom. The van der Waals surface area contributed by atoms with E-state index in [0.29, 0.717) is 0 Å². The first-order chi connectivity index (χ1) is 13.3. The Hall–Kier alpha value is -3.45. The van der Waals surface area contributed by atoms with Crippen LogP contribution in [0.2, 0.25) is 0 Å². The second kappa shape index (κ2) is 7.84. The van der Waals surface area contributed by atoms with Gasteiger partial charge in [0, 0.05) is 0 Å².